The minimum Gasteiger partial charge on any atom is -0.334 e. The predicted octanol–water partition coefficient (Wildman–Crippen LogP) is 2.89. The predicted molar refractivity (Wildman–Crippen MR) is 76.9 cm³/mol. The molecule has 0 aliphatic carbocycles. The van der Waals surface area contributed by atoms with E-state index in [-0.39, 0.29) is 0 Å². The van der Waals surface area contributed by atoms with Gasteiger partial charge >= 0.3 is 0 Å². The van der Waals surface area contributed by atoms with Crippen LogP contribution >= 0.6 is 11.3 Å². The molecule has 0 aliphatic heterocycles. The van der Waals surface area contributed by atoms with Crippen LogP contribution in [0.5, 0.6) is 0 Å². The molecule has 0 spiro atoms. The summed E-state index contributed by atoms with van der Waals surface area (Å²) in [5, 5.41) is 4.33. The van der Waals surface area contributed by atoms with Crippen molar-refractivity contribution in [2.75, 3.05) is 6.54 Å². The molecule has 2 heterocycles. The van der Waals surface area contributed by atoms with Crippen LogP contribution in [0.2, 0.25) is 0 Å². The van der Waals surface area contributed by atoms with Gasteiger partial charge in [0.25, 0.3) is 0 Å². The van der Waals surface area contributed by atoms with E-state index in [4.69, 9.17) is 5.73 Å². The van der Waals surface area contributed by atoms with Gasteiger partial charge in [-0.15, -0.1) is 0 Å². The maximum absolute atomic E-state index is 5.89. The van der Waals surface area contributed by atoms with Crippen molar-refractivity contribution in [2.45, 2.75) is 32.7 Å². The van der Waals surface area contributed by atoms with Crippen LogP contribution in [-0.4, -0.2) is 16.1 Å². The Morgan fingerprint density at radius 2 is 2.28 bits per heavy atom. The molecule has 0 amide bonds. The average Bonchev–Trinajstić information content (AvgIpc) is 2.97. The zero-order valence-electron chi connectivity index (χ0n) is 11.0. The van der Waals surface area contributed by atoms with Gasteiger partial charge in [0.1, 0.15) is 0 Å². The number of rotatable bonds is 6. The van der Waals surface area contributed by atoms with Crippen LogP contribution in [0, 0.1) is 5.92 Å². The molecule has 3 nitrogen and oxygen atoms in total. The molecule has 0 fully saturated rings. The molecule has 0 aromatic carbocycles. The maximum atomic E-state index is 5.89. The average molecular weight is 263 g/mol. The number of thiophene rings is 1. The zero-order valence-corrected chi connectivity index (χ0v) is 11.9. The molecule has 2 aromatic heterocycles. The summed E-state index contributed by atoms with van der Waals surface area (Å²) >= 11 is 1.75. The highest BCUT2D eigenvalue weighted by molar-refractivity contribution is 7.07. The number of nitrogens with zero attached hydrogens (tertiary/aromatic N) is 2. The van der Waals surface area contributed by atoms with E-state index in [0.29, 0.717) is 18.4 Å². The number of aromatic nitrogens is 2. The summed E-state index contributed by atoms with van der Waals surface area (Å²) in [6, 6.07) is 2.18. The monoisotopic (exact) mass is 263 g/mol. The van der Waals surface area contributed by atoms with Crippen LogP contribution < -0.4 is 5.73 Å². The van der Waals surface area contributed by atoms with Gasteiger partial charge in [0.2, 0.25) is 0 Å². The fourth-order valence-corrected chi connectivity index (χ4v) is 2.95. The molecular formula is C14H21N3S. The van der Waals surface area contributed by atoms with E-state index in [9.17, 15) is 0 Å². The molecule has 0 radical (unpaired) electrons. The third-order valence-corrected chi connectivity index (χ3v) is 4.14. The number of hydrogen-bond acceptors (Lipinski definition) is 3. The molecule has 2 N–H and O–H groups in total. The van der Waals surface area contributed by atoms with Gasteiger partial charge in [-0.2, -0.15) is 11.3 Å². The third-order valence-electron chi connectivity index (χ3n) is 3.40. The first-order chi connectivity index (χ1) is 8.72. The van der Waals surface area contributed by atoms with Gasteiger partial charge < -0.3 is 10.3 Å². The Morgan fingerprint density at radius 3 is 2.89 bits per heavy atom. The lowest BCUT2D eigenvalue weighted by Gasteiger charge is -2.20. The Balaban J connectivity index is 2.07. The Hall–Kier alpha value is -1.13. The second-order valence-electron chi connectivity index (χ2n) is 4.98. The Morgan fingerprint density at radius 1 is 1.44 bits per heavy atom. The molecule has 2 aromatic rings. The fourth-order valence-electron chi connectivity index (χ4n) is 2.25. The lowest BCUT2D eigenvalue weighted by molar-refractivity contribution is 0.472. The van der Waals surface area contributed by atoms with E-state index in [1.165, 1.54) is 11.3 Å². The smallest absolute Gasteiger partial charge is 0.0948 e. The first-order valence-corrected chi connectivity index (χ1v) is 7.37. The van der Waals surface area contributed by atoms with Gasteiger partial charge in [0, 0.05) is 30.9 Å². The van der Waals surface area contributed by atoms with E-state index in [0.717, 1.165) is 13.0 Å². The maximum Gasteiger partial charge on any atom is 0.0948 e. The van der Waals surface area contributed by atoms with Crippen molar-refractivity contribution in [1.29, 1.82) is 0 Å². The van der Waals surface area contributed by atoms with Gasteiger partial charge in [0.15, 0.2) is 0 Å². The summed E-state index contributed by atoms with van der Waals surface area (Å²) in [6.45, 7) is 6.10. The van der Waals surface area contributed by atoms with Crippen LogP contribution in [0.1, 0.15) is 31.0 Å². The number of imidazole rings is 1. The summed E-state index contributed by atoms with van der Waals surface area (Å²) in [6.07, 6.45) is 4.94. The summed E-state index contributed by atoms with van der Waals surface area (Å²) < 4.78 is 2.25. The van der Waals surface area contributed by atoms with Gasteiger partial charge in [-0.05, 0) is 34.7 Å². The van der Waals surface area contributed by atoms with Crippen LogP contribution in [0.3, 0.4) is 0 Å². The Bertz CT molecular complexity index is 459. The molecule has 1 atom stereocenters. The second kappa shape index (κ2) is 6.16. The van der Waals surface area contributed by atoms with Gasteiger partial charge in [0.05, 0.1) is 6.33 Å². The lowest BCUT2D eigenvalue weighted by atomic mass is 9.93. The molecule has 2 rings (SSSR count). The normalized spacial score (nSPS) is 13.1. The van der Waals surface area contributed by atoms with Crippen LogP contribution in [0.4, 0.5) is 0 Å². The third kappa shape index (κ3) is 3.00. The van der Waals surface area contributed by atoms with E-state index in [1.807, 2.05) is 12.5 Å². The largest absolute Gasteiger partial charge is 0.334 e. The van der Waals surface area contributed by atoms with Crippen molar-refractivity contribution < 1.29 is 0 Å². The molecular weight excluding hydrogens is 242 g/mol. The minimum absolute atomic E-state index is 0.398. The Kier molecular flexibility index (Phi) is 4.55. The SMILES string of the molecule is CC(C)C(CN)c1cncn1CCc1ccsc1. The van der Waals surface area contributed by atoms with E-state index in [1.54, 1.807) is 11.3 Å². The summed E-state index contributed by atoms with van der Waals surface area (Å²) in [7, 11) is 0. The summed E-state index contributed by atoms with van der Waals surface area (Å²) in [4.78, 5) is 4.28. The van der Waals surface area contributed by atoms with E-state index >= 15 is 0 Å². The van der Waals surface area contributed by atoms with Crippen molar-refractivity contribution >= 4 is 11.3 Å². The molecule has 0 bridgehead atoms. The van der Waals surface area contributed by atoms with Crippen molar-refractivity contribution in [3.8, 4) is 0 Å². The number of nitrogens with two attached hydrogens (primary N) is 1. The molecule has 0 saturated heterocycles. The van der Waals surface area contributed by atoms with Crippen molar-refractivity contribution in [1.82, 2.24) is 9.55 Å². The Labute approximate surface area is 113 Å². The second-order valence-corrected chi connectivity index (χ2v) is 5.76. The minimum atomic E-state index is 0.398. The first-order valence-electron chi connectivity index (χ1n) is 6.43. The van der Waals surface area contributed by atoms with E-state index < -0.39 is 0 Å². The van der Waals surface area contributed by atoms with Crippen LogP contribution in [-0.2, 0) is 13.0 Å². The standard InChI is InChI=1S/C14H21N3S/c1-11(2)13(7-15)14-8-16-10-17(14)5-3-12-4-6-18-9-12/h4,6,8-11,13H,3,5,7,15H2,1-2H3. The van der Waals surface area contributed by atoms with Gasteiger partial charge in [-0.1, -0.05) is 13.8 Å². The summed E-state index contributed by atoms with van der Waals surface area (Å²) in [5.74, 6) is 0.946. The lowest BCUT2D eigenvalue weighted by Crippen LogP contribution is -2.21. The number of hydrogen-bond donors (Lipinski definition) is 1. The van der Waals surface area contributed by atoms with Crippen LogP contribution in [0.15, 0.2) is 29.4 Å². The van der Waals surface area contributed by atoms with Gasteiger partial charge in [-0.3, -0.25) is 0 Å². The molecule has 18 heavy (non-hydrogen) atoms. The van der Waals surface area contributed by atoms with Gasteiger partial charge in [-0.25, -0.2) is 4.98 Å². The first kappa shape index (κ1) is 13.3. The van der Waals surface area contributed by atoms with Crippen molar-refractivity contribution in [3.63, 3.8) is 0 Å². The molecule has 1 unspecified atom stereocenters. The van der Waals surface area contributed by atoms with Crippen molar-refractivity contribution in [2.24, 2.45) is 11.7 Å². The fraction of sp³-hybridized carbons (Fsp3) is 0.500. The highest BCUT2D eigenvalue weighted by Gasteiger charge is 2.17. The molecule has 0 aliphatic rings. The molecule has 4 heteroatoms. The van der Waals surface area contributed by atoms with Crippen LogP contribution in [0.25, 0.3) is 0 Å². The quantitative estimate of drug-likeness (QED) is 0.871. The van der Waals surface area contributed by atoms with Crippen molar-refractivity contribution in [3.05, 3.63) is 40.6 Å². The number of aryl methyl sites for hydroxylation is 2. The topological polar surface area (TPSA) is 43.8 Å². The van der Waals surface area contributed by atoms with E-state index in [2.05, 4.69) is 40.2 Å². The molecule has 98 valence electrons. The highest BCUT2D eigenvalue weighted by atomic mass is 32.1. The zero-order chi connectivity index (χ0) is 13.0. The highest BCUT2D eigenvalue weighted by Crippen LogP contribution is 2.23. The summed E-state index contributed by atoms with van der Waals surface area (Å²) in [5.41, 5.74) is 8.55. The molecule has 0 saturated carbocycles.